The highest BCUT2D eigenvalue weighted by atomic mass is 16.2. The van der Waals surface area contributed by atoms with Gasteiger partial charge in [-0.05, 0) is 23.8 Å². The molecule has 0 unspecified atom stereocenters. The molecule has 0 fully saturated rings. The Hall–Kier alpha value is -3.09. The van der Waals surface area contributed by atoms with Crippen LogP contribution in [0.5, 0.6) is 0 Å². The minimum atomic E-state index is -0.321. The molecule has 7 nitrogen and oxygen atoms in total. The van der Waals surface area contributed by atoms with Crippen LogP contribution in [-0.4, -0.2) is 37.8 Å². The average molecular weight is 309 g/mol. The van der Waals surface area contributed by atoms with E-state index in [2.05, 4.69) is 15.3 Å². The first-order chi connectivity index (χ1) is 11.1. The van der Waals surface area contributed by atoms with Crippen LogP contribution in [0.15, 0.2) is 53.6 Å². The van der Waals surface area contributed by atoms with E-state index in [1.807, 2.05) is 12.1 Å². The number of pyridine rings is 1. The Morgan fingerprint density at radius 3 is 2.83 bits per heavy atom. The van der Waals surface area contributed by atoms with Gasteiger partial charge >= 0.3 is 0 Å². The average Bonchev–Trinajstić information content (AvgIpc) is 2.58. The largest absolute Gasteiger partial charge is 0.340 e. The molecular formula is C16H15N5O2. The number of hydrogen-bond donors (Lipinski definition) is 0. The summed E-state index contributed by atoms with van der Waals surface area (Å²) in [4.78, 5) is 30.1. The fourth-order valence-corrected chi connectivity index (χ4v) is 2.23. The molecule has 2 heterocycles. The van der Waals surface area contributed by atoms with E-state index in [9.17, 15) is 9.59 Å². The van der Waals surface area contributed by atoms with Crippen molar-refractivity contribution in [3.8, 4) is 0 Å². The van der Waals surface area contributed by atoms with Gasteiger partial charge in [-0.15, -0.1) is 5.10 Å². The van der Waals surface area contributed by atoms with Crippen LogP contribution in [0.2, 0.25) is 0 Å². The van der Waals surface area contributed by atoms with Crippen molar-refractivity contribution in [2.45, 2.75) is 13.1 Å². The van der Waals surface area contributed by atoms with Gasteiger partial charge < -0.3 is 4.90 Å². The summed E-state index contributed by atoms with van der Waals surface area (Å²) < 4.78 is 1.09. The fraction of sp³-hybridized carbons (Fsp3) is 0.188. The van der Waals surface area contributed by atoms with Gasteiger partial charge in [0.15, 0.2) is 0 Å². The van der Waals surface area contributed by atoms with Crippen LogP contribution in [0.4, 0.5) is 0 Å². The van der Waals surface area contributed by atoms with Gasteiger partial charge in [-0.3, -0.25) is 14.6 Å². The summed E-state index contributed by atoms with van der Waals surface area (Å²) in [5.74, 6) is -0.222. The maximum Gasteiger partial charge on any atom is 0.278 e. The number of nitrogens with zero attached hydrogens (tertiary/aromatic N) is 5. The predicted molar refractivity (Wildman–Crippen MR) is 84.5 cm³/mol. The smallest absolute Gasteiger partial charge is 0.278 e. The maximum absolute atomic E-state index is 12.3. The van der Waals surface area contributed by atoms with Crippen LogP contribution in [0.25, 0.3) is 10.9 Å². The van der Waals surface area contributed by atoms with Gasteiger partial charge in [0, 0.05) is 26.0 Å². The molecule has 0 aliphatic rings. The van der Waals surface area contributed by atoms with Crippen LogP contribution in [0.3, 0.4) is 0 Å². The Balaban J connectivity index is 1.77. The predicted octanol–water partition coefficient (Wildman–Crippen LogP) is 0.845. The van der Waals surface area contributed by atoms with Crippen molar-refractivity contribution < 1.29 is 4.79 Å². The highest BCUT2D eigenvalue weighted by molar-refractivity contribution is 5.78. The van der Waals surface area contributed by atoms with Crippen molar-refractivity contribution in [1.29, 1.82) is 0 Å². The second-order valence-electron chi connectivity index (χ2n) is 5.18. The van der Waals surface area contributed by atoms with E-state index in [-0.39, 0.29) is 18.0 Å². The summed E-state index contributed by atoms with van der Waals surface area (Å²) in [6, 6.07) is 10.6. The van der Waals surface area contributed by atoms with E-state index in [4.69, 9.17) is 0 Å². The molecule has 0 N–H and O–H groups in total. The van der Waals surface area contributed by atoms with Gasteiger partial charge in [0.1, 0.15) is 12.1 Å². The molecule has 2 aromatic heterocycles. The van der Waals surface area contributed by atoms with Crippen LogP contribution >= 0.6 is 0 Å². The first-order valence-electron chi connectivity index (χ1n) is 7.10. The third-order valence-corrected chi connectivity index (χ3v) is 3.48. The number of carbonyl (C=O) groups excluding carboxylic acids is 1. The summed E-state index contributed by atoms with van der Waals surface area (Å²) in [7, 11) is 1.68. The standard InChI is InChI=1S/C16H15N5O2/c1-20(10-12-5-4-8-17-9-12)15(22)11-21-16(23)13-6-2-3-7-14(13)18-19-21/h2-9H,10-11H2,1H3. The zero-order valence-corrected chi connectivity index (χ0v) is 12.6. The molecule has 116 valence electrons. The zero-order chi connectivity index (χ0) is 16.2. The second kappa shape index (κ2) is 6.35. The molecule has 0 aliphatic heterocycles. The number of rotatable bonds is 4. The molecule has 0 aliphatic carbocycles. The Morgan fingerprint density at radius 1 is 1.22 bits per heavy atom. The number of benzene rings is 1. The molecule has 7 heteroatoms. The summed E-state index contributed by atoms with van der Waals surface area (Å²) in [5, 5.41) is 8.25. The lowest BCUT2D eigenvalue weighted by atomic mass is 10.2. The minimum absolute atomic E-state index is 0.145. The molecule has 1 amide bonds. The Morgan fingerprint density at radius 2 is 2.04 bits per heavy atom. The summed E-state index contributed by atoms with van der Waals surface area (Å²) in [6.45, 7) is 0.274. The summed E-state index contributed by atoms with van der Waals surface area (Å²) in [5.41, 5.74) is 1.11. The van der Waals surface area contributed by atoms with Gasteiger partial charge in [-0.1, -0.05) is 23.4 Å². The second-order valence-corrected chi connectivity index (χ2v) is 5.18. The van der Waals surface area contributed by atoms with Gasteiger partial charge in [-0.2, -0.15) is 0 Å². The molecule has 1 aromatic carbocycles. The number of likely N-dealkylation sites (N-methyl/N-ethyl adjacent to an activating group) is 1. The third kappa shape index (κ3) is 3.23. The van der Waals surface area contributed by atoms with E-state index in [0.29, 0.717) is 17.4 Å². The Labute approximate surface area is 132 Å². The zero-order valence-electron chi connectivity index (χ0n) is 12.6. The monoisotopic (exact) mass is 309 g/mol. The first kappa shape index (κ1) is 14.8. The lowest BCUT2D eigenvalue weighted by molar-refractivity contribution is -0.131. The third-order valence-electron chi connectivity index (χ3n) is 3.48. The van der Waals surface area contributed by atoms with Crippen LogP contribution < -0.4 is 5.56 Å². The van der Waals surface area contributed by atoms with Crippen molar-refractivity contribution in [3.05, 3.63) is 64.7 Å². The molecule has 3 rings (SSSR count). The topological polar surface area (TPSA) is 81.0 Å². The molecule has 0 atom stereocenters. The van der Waals surface area contributed by atoms with Gasteiger partial charge in [0.05, 0.1) is 5.39 Å². The number of hydrogen-bond acceptors (Lipinski definition) is 5. The van der Waals surface area contributed by atoms with Crippen molar-refractivity contribution in [1.82, 2.24) is 24.9 Å². The molecule has 0 bridgehead atoms. The van der Waals surface area contributed by atoms with Crippen molar-refractivity contribution in [3.63, 3.8) is 0 Å². The number of fused-ring (bicyclic) bond motifs is 1. The number of aromatic nitrogens is 4. The molecule has 23 heavy (non-hydrogen) atoms. The van der Waals surface area contributed by atoms with Crippen LogP contribution in [0, 0.1) is 0 Å². The van der Waals surface area contributed by atoms with Crippen molar-refractivity contribution in [2.75, 3.05) is 7.05 Å². The lowest BCUT2D eigenvalue weighted by Crippen LogP contribution is -2.35. The Kier molecular flexibility index (Phi) is 4.09. The van der Waals surface area contributed by atoms with E-state index in [0.717, 1.165) is 10.2 Å². The first-order valence-corrected chi connectivity index (χ1v) is 7.10. The van der Waals surface area contributed by atoms with Gasteiger partial charge in [-0.25, -0.2) is 4.68 Å². The molecular weight excluding hydrogens is 294 g/mol. The van der Waals surface area contributed by atoms with Crippen molar-refractivity contribution in [2.24, 2.45) is 0 Å². The summed E-state index contributed by atoms with van der Waals surface area (Å²) >= 11 is 0. The lowest BCUT2D eigenvalue weighted by Gasteiger charge is -2.17. The van der Waals surface area contributed by atoms with E-state index in [1.165, 1.54) is 4.90 Å². The van der Waals surface area contributed by atoms with E-state index < -0.39 is 0 Å². The number of amides is 1. The van der Waals surface area contributed by atoms with E-state index >= 15 is 0 Å². The normalized spacial score (nSPS) is 10.7. The SMILES string of the molecule is CN(Cc1cccnc1)C(=O)Cn1nnc2ccccc2c1=O. The molecule has 3 aromatic rings. The number of carbonyl (C=O) groups is 1. The fourth-order valence-electron chi connectivity index (χ4n) is 2.23. The van der Waals surface area contributed by atoms with Crippen LogP contribution in [0.1, 0.15) is 5.56 Å². The molecule has 0 radical (unpaired) electrons. The maximum atomic E-state index is 12.3. The minimum Gasteiger partial charge on any atom is -0.340 e. The molecule has 0 saturated carbocycles. The Bertz CT molecular complexity index is 892. The van der Waals surface area contributed by atoms with Crippen molar-refractivity contribution >= 4 is 16.8 Å². The van der Waals surface area contributed by atoms with Crippen LogP contribution in [-0.2, 0) is 17.9 Å². The van der Waals surface area contributed by atoms with E-state index in [1.54, 1.807) is 43.7 Å². The quantitative estimate of drug-likeness (QED) is 0.713. The highest BCUT2D eigenvalue weighted by Gasteiger charge is 2.13. The van der Waals surface area contributed by atoms with Gasteiger partial charge in [0.2, 0.25) is 5.91 Å². The van der Waals surface area contributed by atoms with Gasteiger partial charge in [0.25, 0.3) is 5.56 Å². The molecule has 0 spiro atoms. The summed E-state index contributed by atoms with van der Waals surface area (Å²) in [6.07, 6.45) is 3.38. The highest BCUT2D eigenvalue weighted by Crippen LogP contribution is 2.04. The molecule has 0 saturated heterocycles.